The summed E-state index contributed by atoms with van der Waals surface area (Å²) in [6, 6.07) is 13.1. The topological polar surface area (TPSA) is 103 Å². The molecular formula is C36H48O7S. The fourth-order valence-corrected chi connectivity index (χ4v) is 6.97. The summed E-state index contributed by atoms with van der Waals surface area (Å²) in [5.74, 6) is -1.14. The highest BCUT2D eigenvalue weighted by molar-refractivity contribution is 7.99. The SMILES string of the molecule is CCCCCCCCCc1ccccc1C(Sc1ccc2c(=O)cc(C(=O)OC)oc2c1CCC)C(O)CCCC(=O)OC. The molecule has 1 heterocycles. The minimum absolute atomic E-state index is 0.135. The van der Waals surface area contributed by atoms with Crippen LogP contribution in [-0.2, 0) is 27.1 Å². The van der Waals surface area contributed by atoms with Gasteiger partial charge in [0.2, 0.25) is 5.76 Å². The molecule has 44 heavy (non-hydrogen) atoms. The molecule has 0 saturated heterocycles. The number of fused-ring (bicyclic) bond motifs is 1. The third-order valence-corrected chi connectivity index (χ3v) is 9.43. The van der Waals surface area contributed by atoms with Crippen molar-refractivity contribution in [3.8, 4) is 0 Å². The molecule has 1 N–H and O–H groups in total. The lowest BCUT2D eigenvalue weighted by molar-refractivity contribution is -0.140. The molecule has 0 saturated carbocycles. The number of methoxy groups -OCH3 is 2. The molecule has 0 amide bonds. The van der Waals surface area contributed by atoms with E-state index in [-0.39, 0.29) is 28.8 Å². The van der Waals surface area contributed by atoms with Crippen LogP contribution in [-0.4, -0.2) is 37.4 Å². The van der Waals surface area contributed by atoms with E-state index in [0.29, 0.717) is 30.2 Å². The van der Waals surface area contributed by atoms with Gasteiger partial charge < -0.3 is 19.0 Å². The molecule has 2 atom stereocenters. The molecule has 0 aliphatic rings. The quantitative estimate of drug-likeness (QED) is 0.0806. The van der Waals surface area contributed by atoms with Gasteiger partial charge in [-0.15, -0.1) is 11.8 Å². The summed E-state index contributed by atoms with van der Waals surface area (Å²) in [6.07, 6.45) is 11.3. The smallest absolute Gasteiger partial charge is 0.374 e. The lowest BCUT2D eigenvalue weighted by Gasteiger charge is -2.26. The summed E-state index contributed by atoms with van der Waals surface area (Å²) < 4.78 is 15.6. The summed E-state index contributed by atoms with van der Waals surface area (Å²) in [5.41, 5.74) is 3.18. The standard InChI is InChI=1S/C36H48O7S/c1-5-7-8-9-10-11-12-17-25-18-13-14-19-26(25)35(29(37)20-15-21-33(39)41-3)44-32-23-22-27-30(38)24-31(36(40)42-4)43-34(27)28(32)16-6-2/h13-14,18-19,22-24,29,35,37H,5-12,15-17,20-21H2,1-4H3. The van der Waals surface area contributed by atoms with Crippen molar-refractivity contribution in [2.24, 2.45) is 0 Å². The van der Waals surface area contributed by atoms with Crippen molar-refractivity contribution in [1.29, 1.82) is 0 Å². The Kier molecular flexibility index (Phi) is 15.0. The molecule has 1 aromatic heterocycles. The third-order valence-electron chi connectivity index (χ3n) is 7.97. The highest BCUT2D eigenvalue weighted by Gasteiger charge is 2.27. The van der Waals surface area contributed by atoms with Crippen LogP contribution in [0.1, 0.15) is 117 Å². The van der Waals surface area contributed by atoms with Gasteiger partial charge in [0.1, 0.15) is 5.58 Å². The molecule has 0 radical (unpaired) electrons. The Bertz CT molecular complexity index is 1410. The Labute approximate surface area is 265 Å². The summed E-state index contributed by atoms with van der Waals surface area (Å²) in [5, 5.41) is 11.7. The normalized spacial score (nSPS) is 12.7. The van der Waals surface area contributed by atoms with Crippen LogP contribution < -0.4 is 5.43 Å². The first kappa shape index (κ1) is 35.4. The number of benzene rings is 2. The predicted octanol–water partition coefficient (Wildman–Crippen LogP) is 8.36. The summed E-state index contributed by atoms with van der Waals surface area (Å²) in [7, 11) is 2.62. The van der Waals surface area contributed by atoms with E-state index in [1.165, 1.54) is 64.4 Å². The lowest BCUT2D eigenvalue weighted by atomic mass is 9.94. The van der Waals surface area contributed by atoms with Crippen LogP contribution in [0.3, 0.4) is 0 Å². The van der Waals surface area contributed by atoms with Gasteiger partial charge in [-0.2, -0.15) is 0 Å². The number of esters is 2. The van der Waals surface area contributed by atoms with Crippen molar-refractivity contribution in [1.82, 2.24) is 0 Å². The van der Waals surface area contributed by atoms with Crippen molar-refractivity contribution in [3.05, 3.63) is 75.1 Å². The number of carbonyl (C=O) groups is 2. The number of hydrogen-bond donors (Lipinski definition) is 1. The summed E-state index contributed by atoms with van der Waals surface area (Å²) >= 11 is 1.54. The van der Waals surface area contributed by atoms with Gasteiger partial charge in [0.05, 0.1) is 31.0 Å². The lowest BCUT2D eigenvalue weighted by Crippen LogP contribution is -2.18. The second-order valence-electron chi connectivity index (χ2n) is 11.3. The van der Waals surface area contributed by atoms with Gasteiger partial charge >= 0.3 is 11.9 Å². The minimum Gasteiger partial charge on any atom is -0.469 e. The zero-order valence-electron chi connectivity index (χ0n) is 26.7. The average molecular weight is 625 g/mol. The molecule has 0 aliphatic carbocycles. The van der Waals surface area contributed by atoms with Gasteiger partial charge in [0.25, 0.3) is 0 Å². The van der Waals surface area contributed by atoms with Crippen LogP contribution in [0, 0.1) is 0 Å². The first-order valence-corrected chi connectivity index (χ1v) is 16.9. The van der Waals surface area contributed by atoms with Gasteiger partial charge in [-0.3, -0.25) is 9.59 Å². The van der Waals surface area contributed by atoms with Gasteiger partial charge in [-0.25, -0.2) is 4.79 Å². The Morgan fingerprint density at radius 3 is 2.32 bits per heavy atom. The van der Waals surface area contributed by atoms with E-state index in [4.69, 9.17) is 13.9 Å². The number of aryl methyl sites for hydroxylation is 2. The number of thioether (sulfide) groups is 1. The molecule has 2 aromatic carbocycles. The molecule has 7 nitrogen and oxygen atoms in total. The zero-order valence-corrected chi connectivity index (χ0v) is 27.5. The van der Waals surface area contributed by atoms with E-state index in [0.717, 1.165) is 35.3 Å². The molecular weight excluding hydrogens is 576 g/mol. The largest absolute Gasteiger partial charge is 0.469 e. The van der Waals surface area contributed by atoms with Crippen LogP contribution >= 0.6 is 11.8 Å². The second-order valence-corrected chi connectivity index (χ2v) is 12.5. The molecule has 0 spiro atoms. The zero-order chi connectivity index (χ0) is 31.9. The highest BCUT2D eigenvalue weighted by atomic mass is 32.2. The van der Waals surface area contributed by atoms with Crippen molar-refractivity contribution in [2.45, 2.75) is 114 Å². The fraction of sp³-hybridized carbons (Fsp3) is 0.528. The van der Waals surface area contributed by atoms with Crippen LogP contribution in [0.4, 0.5) is 0 Å². The number of ether oxygens (including phenoxy) is 2. The predicted molar refractivity (Wildman–Crippen MR) is 176 cm³/mol. The molecule has 3 rings (SSSR count). The molecule has 2 unspecified atom stereocenters. The number of unbranched alkanes of at least 4 members (excludes halogenated alkanes) is 6. The molecule has 0 fully saturated rings. The van der Waals surface area contributed by atoms with Crippen LogP contribution in [0.2, 0.25) is 0 Å². The van der Waals surface area contributed by atoms with Crippen LogP contribution in [0.5, 0.6) is 0 Å². The molecule has 8 heteroatoms. The number of rotatable bonds is 19. The summed E-state index contributed by atoms with van der Waals surface area (Å²) in [4.78, 5) is 37.9. The van der Waals surface area contributed by atoms with E-state index in [1.807, 2.05) is 25.1 Å². The first-order valence-electron chi connectivity index (χ1n) is 16.0. The van der Waals surface area contributed by atoms with Gasteiger partial charge in [-0.1, -0.05) is 83.1 Å². The number of aliphatic hydroxyl groups excluding tert-OH is 1. The van der Waals surface area contributed by atoms with Crippen LogP contribution in [0.25, 0.3) is 11.0 Å². The van der Waals surface area contributed by atoms with Crippen molar-refractivity contribution in [3.63, 3.8) is 0 Å². The highest BCUT2D eigenvalue weighted by Crippen LogP contribution is 2.44. The maximum Gasteiger partial charge on any atom is 0.374 e. The Morgan fingerprint density at radius 1 is 0.886 bits per heavy atom. The second kappa shape index (κ2) is 18.6. The molecule has 0 aliphatic heterocycles. The number of aliphatic hydroxyl groups is 1. The van der Waals surface area contributed by atoms with Crippen molar-refractivity contribution < 1.29 is 28.6 Å². The van der Waals surface area contributed by atoms with Gasteiger partial charge in [-0.05, 0) is 55.4 Å². The van der Waals surface area contributed by atoms with Gasteiger partial charge in [0, 0.05) is 22.9 Å². The van der Waals surface area contributed by atoms with E-state index in [9.17, 15) is 19.5 Å². The molecule has 0 bridgehead atoms. The maximum atomic E-state index is 12.9. The fourth-order valence-electron chi connectivity index (χ4n) is 5.56. The average Bonchev–Trinajstić information content (AvgIpc) is 3.03. The third kappa shape index (κ3) is 9.96. The van der Waals surface area contributed by atoms with Crippen molar-refractivity contribution in [2.75, 3.05) is 14.2 Å². The summed E-state index contributed by atoms with van der Waals surface area (Å²) in [6.45, 7) is 4.28. The van der Waals surface area contributed by atoms with E-state index >= 15 is 0 Å². The van der Waals surface area contributed by atoms with E-state index < -0.39 is 12.1 Å². The molecule has 3 aromatic rings. The first-order chi connectivity index (χ1) is 21.3. The Hall–Kier alpha value is -3.10. The van der Waals surface area contributed by atoms with Gasteiger partial charge in [0.15, 0.2) is 5.43 Å². The molecule has 240 valence electrons. The van der Waals surface area contributed by atoms with E-state index in [2.05, 4.69) is 19.1 Å². The maximum absolute atomic E-state index is 12.9. The number of carbonyl (C=O) groups excluding carboxylic acids is 2. The minimum atomic E-state index is -0.738. The van der Waals surface area contributed by atoms with Crippen molar-refractivity contribution >= 4 is 34.7 Å². The van der Waals surface area contributed by atoms with Crippen LogP contribution in [0.15, 0.2) is 56.6 Å². The number of hydrogen-bond acceptors (Lipinski definition) is 8. The Balaban J connectivity index is 1.98. The van der Waals surface area contributed by atoms with E-state index in [1.54, 1.807) is 17.8 Å². The monoisotopic (exact) mass is 624 g/mol. The Morgan fingerprint density at radius 2 is 1.61 bits per heavy atom.